The van der Waals surface area contributed by atoms with Crippen molar-refractivity contribution in [3.63, 3.8) is 0 Å². The Labute approximate surface area is 131 Å². The summed E-state index contributed by atoms with van der Waals surface area (Å²) in [5.74, 6) is 1.28. The molecule has 3 nitrogen and oxygen atoms in total. The smallest absolute Gasteiger partial charge is 0.119 e. The lowest BCUT2D eigenvalue weighted by atomic mass is 9.90. The normalized spacial score (nSPS) is 17.0. The van der Waals surface area contributed by atoms with Gasteiger partial charge in [0.15, 0.2) is 0 Å². The summed E-state index contributed by atoms with van der Waals surface area (Å²) in [6, 6.07) is 14.2. The van der Waals surface area contributed by atoms with E-state index in [1.165, 1.54) is 16.7 Å². The van der Waals surface area contributed by atoms with Crippen LogP contribution in [0.25, 0.3) is 0 Å². The molecular formula is C19H23NO2. The lowest BCUT2D eigenvalue weighted by Crippen LogP contribution is -2.30. The SMILES string of the molecule is CCCCOc1ccc(C2NCCc3cc(O)ccc32)cc1. The van der Waals surface area contributed by atoms with Crippen molar-refractivity contribution in [1.82, 2.24) is 5.32 Å². The molecule has 0 saturated carbocycles. The van der Waals surface area contributed by atoms with Gasteiger partial charge in [-0.1, -0.05) is 31.5 Å². The highest BCUT2D eigenvalue weighted by Gasteiger charge is 2.21. The third-order valence-corrected chi connectivity index (χ3v) is 4.16. The van der Waals surface area contributed by atoms with Crippen LogP contribution >= 0.6 is 0 Å². The van der Waals surface area contributed by atoms with Crippen LogP contribution in [-0.2, 0) is 6.42 Å². The molecule has 1 aliphatic heterocycles. The lowest BCUT2D eigenvalue weighted by molar-refractivity contribution is 0.309. The Morgan fingerprint density at radius 1 is 1.18 bits per heavy atom. The van der Waals surface area contributed by atoms with Crippen molar-refractivity contribution in [1.29, 1.82) is 0 Å². The molecule has 0 amide bonds. The molecule has 2 N–H and O–H groups in total. The van der Waals surface area contributed by atoms with Crippen molar-refractivity contribution in [2.24, 2.45) is 0 Å². The minimum Gasteiger partial charge on any atom is -0.508 e. The lowest BCUT2D eigenvalue weighted by Gasteiger charge is -2.27. The summed E-state index contributed by atoms with van der Waals surface area (Å²) < 4.78 is 5.72. The average molecular weight is 297 g/mol. The maximum absolute atomic E-state index is 9.65. The van der Waals surface area contributed by atoms with E-state index in [9.17, 15) is 5.11 Å². The first-order chi connectivity index (χ1) is 10.8. The van der Waals surface area contributed by atoms with Gasteiger partial charge in [0.25, 0.3) is 0 Å². The van der Waals surface area contributed by atoms with Gasteiger partial charge < -0.3 is 15.2 Å². The monoisotopic (exact) mass is 297 g/mol. The van der Waals surface area contributed by atoms with Gasteiger partial charge in [0.2, 0.25) is 0 Å². The molecule has 2 aromatic rings. The molecule has 1 aliphatic rings. The number of unbranched alkanes of at least 4 members (excludes halogenated alkanes) is 1. The Hall–Kier alpha value is -2.00. The number of rotatable bonds is 5. The maximum Gasteiger partial charge on any atom is 0.119 e. The molecule has 0 fully saturated rings. The Morgan fingerprint density at radius 3 is 2.77 bits per heavy atom. The van der Waals surface area contributed by atoms with E-state index in [0.29, 0.717) is 5.75 Å². The summed E-state index contributed by atoms with van der Waals surface area (Å²) in [6.45, 7) is 3.87. The largest absolute Gasteiger partial charge is 0.508 e. The van der Waals surface area contributed by atoms with Crippen molar-refractivity contribution in [2.75, 3.05) is 13.2 Å². The van der Waals surface area contributed by atoms with Crippen molar-refractivity contribution < 1.29 is 9.84 Å². The predicted octanol–water partition coefficient (Wildman–Crippen LogP) is 3.81. The molecule has 1 heterocycles. The van der Waals surface area contributed by atoms with Crippen LogP contribution in [0.3, 0.4) is 0 Å². The third-order valence-electron chi connectivity index (χ3n) is 4.16. The summed E-state index contributed by atoms with van der Waals surface area (Å²) in [6.07, 6.45) is 3.19. The van der Waals surface area contributed by atoms with Crippen LogP contribution in [0, 0.1) is 0 Å². The maximum atomic E-state index is 9.65. The third kappa shape index (κ3) is 3.25. The van der Waals surface area contributed by atoms with Gasteiger partial charge in [-0.15, -0.1) is 0 Å². The fraction of sp³-hybridized carbons (Fsp3) is 0.368. The van der Waals surface area contributed by atoms with Crippen LogP contribution in [0.15, 0.2) is 42.5 Å². The molecule has 0 saturated heterocycles. The van der Waals surface area contributed by atoms with E-state index in [4.69, 9.17) is 4.74 Å². The number of benzene rings is 2. The van der Waals surface area contributed by atoms with E-state index in [0.717, 1.165) is 38.2 Å². The van der Waals surface area contributed by atoms with E-state index >= 15 is 0 Å². The van der Waals surface area contributed by atoms with Gasteiger partial charge >= 0.3 is 0 Å². The highest BCUT2D eigenvalue weighted by Crippen LogP contribution is 2.31. The standard InChI is InChI=1S/C19H23NO2/c1-2-3-12-22-17-7-4-14(5-8-17)19-18-9-6-16(21)13-15(18)10-11-20-19/h4-9,13,19-21H,2-3,10-12H2,1H3. The van der Waals surface area contributed by atoms with Gasteiger partial charge in [-0.05, 0) is 53.8 Å². The van der Waals surface area contributed by atoms with Crippen LogP contribution < -0.4 is 10.1 Å². The fourth-order valence-electron chi connectivity index (χ4n) is 2.94. The van der Waals surface area contributed by atoms with Gasteiger partial charge in [-0.25, -0.2) is 0 Å². The van der Waals surface area contributed by atoms with Crippen LogP contribution in [0.1, 0.15) is 42.5 Å². The number of hydrogen-bond donors (Lipinski definition) is 2. The molecular weight excluding hydrogens is 274 g/mol. The molecule has 2 aromatic carbocycles. The van der Waals surface area contributed by atoms with E-state index in [-0.39, 0.29) is 6.04 Å². The first-order valence-electron chi connectivity index (χ1n) is 8.06. The summed E-state index contributed by atoms with van der Waals surface area (Å²) in [5, 5.41) is 13.2. The van der Waals surface area contributed by atoms with Crippen molar-refractivity contribution in [2.45, 2.75) is 32.2 Å². The second kappa shape index (κ2) is 6.84. The minimum atomic E-state index is 0.189. The number of phenolic OH excluding ortho intramolecular Hbond substituents is 1. The van der Waals surface area contributed by atoms with Crippen molar-refractivity contribution >= 4 is 0 Å². The predicted molar refractivity (Wildman–Crippen MR) is 88.5 cm³/mol. The number of phenols is 1. The number of aromatic hydroxyl groups is 1. The molecule has 0 bridgehead atoms. The number of hydrogen-bond acceptors (Lipinski definition) is 3. The molecule has 3 heteroatoms. The molecule has 0 aliphatic carbocycles. The zero-order valence-electron chi connectivity index (χ0n) is 13.0. The number of fused-ring (bicyclic) bond motifs is 1. The molecule has 22 heavy (non-hydrogen) atoms. The summed E-state index contributed by atoms with van der Waals surface area (Å²) in [5.41, 5.74) is 3.71. The van der Waals surface area contributed by atoms with Crippen molar-refractivity contribution in [3.05, 3.63) is 59.2 Å². The second-order valence-corrected chi connectivity index (χ2v) is 5.79. The van der Waals surface area contributed by atoms with Crippen LogP contribution in [0.4, 0.5) is 0 Å². The van der Waals surface area contributed by atoms with Gasteiger partial charge in [-0.2, -0.15) is 0 Å². The summed E-state index contributed by atoms with van der Waals surface area (Å²) >= 11 is 0. The average Bonchev–Trinajstić information content (AvgIpc) is 2.55. The van der Waals surface area contributed by atoms with E-state index in [1.54, 1.807) is 6.07 Å². The highest BCUT2D eigenvalue weighted by atomic mass is 16.5. The molecule has 1 unspecified atom stereocenters. The summed E-state index contributed by atoms with van der Waals surface area (Å²) in [4.78, 5) is 0. The topological polar surface area (TPSA) is 41.5 Å². The van der Waals surface area contributed by atoms with Gasteiger partial charge in [0.05, 0.1) is 12.6 Å². The Morgan fingerprint density at radius 2 is 2.00 bits per heavy atom. The Balaban J connectivity index is 1.78. The van der Waals surface area contributed by atoms with Gasteiger partial charge in [0.1, 0.15) is 11.5 Å². The van der Waals surface area contributed by atoms with Gasteiger partial charge in [0, 0.05) is 6.54 Å². The minimum absolute atomic E-state index is 0.189. The molecule has 3 rings (SSSR count). The Kier molecular flexibility index (Phi) is 4.64. The first kappa shape index (κ1) is 14.9. The van der Waals surface area contributed by atoms with Gasteiger partial charge in [-0.3, -0.25) is 0 Å². The van der Waals surface area contributed by atoms with E-state index in [2.05, 4.69) is 24.4 Å². The quantitative estimate of drug-likeness (QED) is 0.825. The fourth-order valence-corrected chi connectivity index (χ4v) is 2.94. The highest BCUT2D eigenvalue weighted by molar-refractivity contribution is 5.44. The Bertz CT molecular complexity index is 622. The van der Waals surface area contributed by atoms with Crippen LogP contribution in [0.2, 0.25) is 0 Å². The van der Waals surface area contributed by atoms with E-state index < -0.39 is 0 Å². The second-order valence-electron chi connectivity index (χ2n) is 5.79. The number of ether oxygens (including phenoxy) is 1. The van der Waals surface area contributed by atoms with Crippen molar-refractivity contribution in [3.8, 4) is 11.5 Å². The molecule has 1 atom stereocenters. The van der Waals surface area contributed by atoms with E-state index in [1.807, 2.05) is 24.3 Å². The van der Waals surface area contributed by atoms with Crippen LogP contribution in [-0.4, -0.2) is 18.3 Å². The zero-order valence-corrected chi connectivity index (χ0v) is 13.0. The first-order valence-corrected chi connectivity index (χ1v) is 8.06. The number of nitrogens with one attached hydrogen (secondary N) is 1. The molecule has 0 aromatic heterocycles. The molecule has 0 radical (unpaired) electrons. The van der Waals surface area contributed by atoms with Crippen LogP contribution in [0.5, 0.6) is 11.5 Å². The molecule has 116 valence electrons. The summed E-state index contributed by atoms with van der Waals surface area (Å²) in [7, 11) is 0. The zero-order chi connectivity index (χ0) is 15.4. The molecule has 0 spiro atoms.